The molecule has 1 aliphatic rings. The molecule has 1 aliphatic heterocycles. The normalized spacial score (nSPS) is 19.9. The Balaban J connectivity index is 1.85. The molecule has 0 bridgehead atoms. The van der Waals surface area contributed by atoms with E-state index in [0.29, 0.717) is 22.7 Å². The van der Waals surface area contributed by atoms with Gasteiger partial charge in [-0.05, 0) is 12.8 Å². The van der Waals surface area contributed by atoms with Crippen molar-refractivity contribution in [1.82, 2.24) is 15.3 Å². The van der Waals surface area contributed by atoms with Gasteiger partial charge in [-0.25, -0.2) is 13.8 Å². The molecule has 0 unspecified atom stereocenters. The number of carbonyl (C=O) groups excluding carboxylic acids is 1. The monoisotopic (exact) mass is 297 g/mol. The molecular formula is C13H13F2N3OS. The zero-order chi connectivity index (χ0) is 14.1. The van der Waals surface area contributed by atoms with Crippen LogP contribution in [0.3, 0.4) is 0 Å². The van der Waals surface area contributed by atoms with Crippen LogP contribution < -0.4 is 5.32 Å². The Hall–Kier alpha value is -1.63. The molecule has 1 atom stereocenters. The Bertz CT molecular complexity index is 619. The van der Waals surface area contributed by atoms with Gasteiger partial charge in [0, 0.05) is 18.7 Å². The summed E-state index contributed by atoms with van der Waals surface area (Å²) in [7, 11) is 0. The van der Waals surface area contributed by atoms with Crippen LogP contribution in [0.4, 0.5) is 8.78 Å². The van der Waals surface area contributed by atoms with Crippen molar-refractivity contribution in [3.05, 3.63) is 23.8 Å². The maximum absolute atomic E-state index is 13.1. The standard InChI is InChI=1S/C13H13F2N3OS/c14-7-5-9-10(6-8(7)15)18-13(17-9)20-11-3-1-2-4-16-12(11)19/h5-6,11H,1-4H2,(H,16,19)(H,17,18)/t11-/m0/s1. The molecule has 4 nitrogen and oxygen atoms in total. The van der Waals surface area contributed by atoms with Gasteiger partial charge in [-0.3, -0.25) is 4.79 Å². The minimum absolute atomic E-state index is 0.00897. The highest BCUT2D eigenvalue weighted by atomic mass is 32.2. The molecule has 3 rings (SSSR count). The number of H-pyrrole nitrogens is 1. The van der Waals surface area contributed by atoms with Crippen LogP contribution in [0.1, 0.15) is 19.3 Å². The number of hydrogen-bond donors (Lipinski definition) is 2. The van der Waals surface area contributed by atoms with E-state index < -0.39 is 11.6 Å². The van der Waals surface area contributed by atoms with E-state index >= 15 is 0 Å². The smallest absolute Gasteiger partial charge is 0.233 e. The van der Waals surface area contributed by atoms with E-state index in [2.05, 4.69) is 15.3 Å². The average molecular weight is 297 g/mol. The van der Waals surface area contributed by atoms with Gasteiger partial charge in [-0.2, -0.15) is 0 Å². The Morgan fingerprint density at radius 1 is 1.25 bits per heavy atom. The van der Waals surface area contributed by atoms with Crippen LogP contribution in [0.5, 0.6) is 0 Å². The number of imidazole rings is 1. The van der Waals surface area contributed by atoms with E-state index in [1.54, 1.807) is 0 Å². The van der Waals surface area contributed by atoms with Crippen LogP contribution in [0, 0.1) is 11.6 Å². The number of carbonyl (C=O) groups is 1. The number of amides is 1. The van der Waals surface area contributed by atoms with Gasteiger partial charge >= 0.3 is 0 Å². The molecule has 7 heteroatoms. The summed E-state index contributed by atoms with van der Waals surface area (Å²) in [6.45, 7) is 0.701. The highest BCUT2D eigenvalue weighted by molar-refractivity contribution is 8.00. The predicted molar refractivity (Wildman–Crippen MR) is 72.5 cm³/mol. The number of hydrogen-bond acceptors (Lipinski definition) is 3. The van der Waals surface area contributed by atoms with Gasteiger partial charge in [0.25, 0.3) is 0 Å². The number of aromatic nitrogens is 2. The summed E-state index contributed by atoms with van der Waals surface area (Å²) in [5.41, 5.74) is 0.792. The molecule has 20 heavy (non-hydrogen) atoms. The van der Waals surface area contributed by atoms with Crippen molar-refractivity contribution in [2.45, 2.75) is 29.7 Å². The van der Waals surface area contributed by atoms with E-state index in [0.717, 1.165) is 31.4 Å². The lowest BCUT2D eigenvalue weighted by Crippen LogP contribution is -2.30. The largest absolute Gasteiger partial charge is 0.355 e. The highest BCUT2D eigenvalue weighted by Gasteiger charge is 2.23. The van der Waals surface area contributed by atoms with Gasteiger partial charge in [-0.15, -0.1) is 0 Å². The van der Waals surface area contributed by atoms with Crippen LogP contribution in [-0.2, 0) is 4.79 Å². The number of aromatic amines is 1. The molecule has 0 spiro atoms. The van der Waals surface area contributed by atoms with Crippen molar-refractivity contribution >= 4 is 28.7 Å². The fourth-order valence-corrected chi connectivity index (χ4v) is 3.26. The van der Waals surface area contributed by atoms with Crippen molar-refractivity contribution in [2.75, 3.05) is 6.54 Å². The minimum Gasteiger partial charge on any atom is -0.355 e. The van der Waals surface area contributed by atoms with Crippen LogP contribution >= 0.6 is 11.8 Å². The number of benzene rings is 1. The van der Waals surface area contributed by atoms with E-state index in [4.69, 9.17) is 0 Å². The van der Waals surface area contributed by atoms with Gasteiger partial charge in [-0.1, -0.05) is 18.2 Å². The molecule has 1 amide bonds. The van der Waals surface area contributed by atoms with E-state index in [1.165, 1.54) is 11.8 Å². The predicted octanol–water partition coefficient (Wildman–Crippen LogP) is 2.60. The third kappa shape index (κ3) is 2.63. The summed E-state index contributed by atoms with van der Waals surface area (Å²) in [6, 6.07) is 2.13. The first-order valence-corrected chi connectivity index (χ1v) is 7.30. The Morgan fingerprint density at radius 3 is 2.90 bits per heavy atom. The van der Waals surface area contributed by atoms with Crippen LogP contribution in [0.2, 0.25) is 0 Å². The summed E-state index contributed by atoms with van der Waals surface area (Å²) < 4.78 is 26.3. The summed E-state index contributed by atoms with van der Waals surface area (Å²) in [4.78, 5) is 19.0. The van der Waals surface area contributed by atoms with Crippen LogP contribution in [-0.4, -0.2) is 27.7 Å². The second-order valence-corrected chi connectivity index (χ2v) is 5.91. The first-order chi connectivity index (χ1) is 9.63. The lowest BCUT2D eigenvalue weighted by molar-refractivity contribution is -0.120. The maximum Gasteiger partial charge on any atom is 0.233 e. The molecule has 2 heterocycles. The summed E-state index contributed by atoms with van der Waals surface area (Å²) in [5.74, 6) is -1.84. The Morgan fingerprint density at radius 2 is 2.05 bits per heavy atom. The molecule has 1 fully saturated rings. The van der Waals surface area contributed by atoms with Crippen molar-refractivity contribution in [2.24, 2.45) is 0 Å². The number of thioether (sulfide) groups is 1. The third-order valence-corrected chi connectivity index (χ3v) is 4.39. The fraction of sp³-hybridized carbons (Fsp3) is 0.385. The number of nitrogens with one attached hydrogen (secondary N) is 2. The first kappa shape index (κ1) is 13.4. The Labute approximate surface area is 118 Å². The summed E-state index contributed by atoms with van der Waals surface area (Å²) in [5, 5.41) is 3.14. The molecular weight excluding hydrogens is 284 g/mol. The van der Waals surface area contributed by atoms with Gasteiger partial charge in [0.15, 0.2) is 16.8 Å². The molecule has 1 aromatic heterocycles. The highest BCUT2D eigenvalue weighted by Crippen LogP contribution is 2.28. The summed E-state index contributed by atoms with van der Waals surface area (Å²) >= 11 is 1.30. The lowest BCUT2D eigenvalue weighted by Gasteiger charge is -2.09. The SMILES string of the molecule is O=C1NCCCC[C@@H]1Sc1nc2cc(F)c(F)cc2[nH]1. The molecule has 0 aliphatic carbocycles. The fourth-order valence-electron chi connectivity index (χ4n) is 2.20. The first-order valence-electron chi connectivity index (χ1n) is 6.42. The third-order valence-electron chi connectivity index (χ3n) is 3.24. The van der Waals surface area contributed by atoms with Gasteiger partial charge in [0.05, 0.1) is 16.3 Å². The molecule has 106 valence electrons. The maximum atomic E-state index is 13.1. The molecule has 1 saturated heterocycles. The van der Waals surface area contributed by atoms with Gasteiger partial charge in [0.2, 0.25) is 5.91 Å². The topological polar surface area (TPSA) is 57.8 Å². The zero-order valence-corrected chi connectivity index (χ0v) is 11.4. The van der Waals surface area contributed by atoms with Crippen molar-refractivity contribution in [3.63, 3.8) is 0 Å². The van der Waals surface area contributed by atoms with Crippen molar-refractivity contribution in [1.29, 1.82) is 0 Å². The molecule has 2 aromatic rings. The minimum atomic E-state index is -0.923. The molecule has 0 saturated carbocycles. The Kier molecular flexibility index (Phi) is 3.60. The van der Waals surface area contributed by atoms with E-state index in [-0.39, 0.29) is 11.2 Å². The summed E-state index contributed by atoms with van der Waals surface area (Å²) in [6.07, 6.45) is 2.72. The van der Waals surface area contributed by atoms with Gasteiger partial charge < -0.3 is 10.3 Å². The lowest BCUT2D eigenvalue weighted by atomic mass is 10.2. The molecule has 0 radical (unpaired) electrons. The van der Waals surface area contributed by atoms with Crippen LogP contribution in [0.15, 0.2) is 17.3 Å². The van der Waals surface area contributed by atoms with Gasteiger partial charge in [0.1, 0.15) is 0 Å². The average Bonchev–Trinajstić information content (AvgIpc) is 2.66. The van der Waals surface area contributed by atoms with E-state index in [1.807, 2.05) is 0 Å². The molecule has 1 aromatic carbocycles. The number of fused-ring (bicyclic) bond motifs is 1. The zero-order valence-electron chi connectivity index (χ0n) is 10.6. The quantitative estimate of drug-likeness (QED) is 0.896. The second kappa shape index (κ2) is 5.40. The van der Waals surface area contributed by atoms with Crippen molar-refractivity contribution in [3.8, 4) is 0 Å². The second-order valence-electron chi connectivity index (χ2n) is 4.72. The number of halogens is 2. The van der Waals surface area contributed by atoms with Crippen LogP contribution in [0.25, 0.3) is 11.0 Å². The number of nitrogens with zero attached hydrogens (tertiary/aromatic N) is 1. The molecule has 2 N–H and O–H groups in total. The number of rotatable bonds is 2. The van der Waals surface area contributed by atoms with Crippen molar-refractivity contribution < 1.29 is 13.6 Å². The van der Waals surface area contributed by atoms with E-state index in [9.17, 15) is 13.6 Å².